The van der Waals surface area contributed by atoms with E-state index in [0.717, 1.165) is 77.7 Å². The second kappa shape index (κ2) is 15.4. The molecule has 0 N–H and O–H groups in total. The number of rotatable bonds is 5. The summed E-state index contributed by atoms with van der Waals surface area (Å²) in [5.74, 6) is 1.49. The molecular weight excluding hydrogens is 855 g/mol. The maximum absolute atomic E-state index is 15.3. The number of fused-ring (bicyclic) bond motifs is 13. The second-order valence-corrected chi connectivity index (χ2v) is 19.1. The lowest BCUT2D eigenvalue weighted by molar-refractivity contribution is 0.581. The van der Waals surface area contributed by atoms with Gasteiger partial charge in [0, 0.05) is 58.0 Å². The summed E-state index contributed by atoms with van der Waals surface area (Å²) in [5.41, 5.74) is 12.6. The Morgan fingerprint density at radius 3 is 1.50 bits per heavy atom. The summed E-state index contributed by atoms with van der Waals surface area (Å²) in [4.78, 5) is 25.2. The number of sulfone groups is 1. The van der Waals surface area contributed by atoms with Gasteiger partial charge in [0.2, 0.25) is 9.84 Å². The van der Waals surface area contributed by atoms with Crippen molar-refractivity contribution in [1.82, 2.24) is 24.9 Å². The molecule has 2 aliphatic rings. The van der Waals surface area contributed by atoms with Crippen molar-refractivity contribution in [2.45, 2.75) is 15.2 Å². The van der Waals surface area contributed by atoms with Crippen molar-refractivity contribution in [3.05, 3.63) is 247 Å². The summed E-state index contributed by atoms with van der Waals surface area (Å²) in [6.45, 7) is 0. The highest BCUT2D eigenvalue weighted by molar-refractivity contribution is 7.92. The van der Waals surface area contributed by atoms with Crippen molar-refractivity contribution < 1.29 is 8.42 Å². The second-order valence-electron chi connectivity index (χ2n) is 17.2. The van der Waals surface area contributed by atoms with Crippen LogP contribution in [0.3, 0.4) is 0 Å². The maximum atomic E-state index is 15.3. The molecule has 0 saturated carbocycles. The molecule has 68 heavy (non-hydrogen) atoms. The van der Waals surface area contributed by atoms with Crippen LogP contribution < -0.4 is 0 Å². The zero-order valence-electron chi connectivity index (χ0n) is 36.3. The normalized spacial score (nSPS) is 15.1. The van der Waals surface area contributed by atoms with Crippen LogP contribution in [0.25, 0.3) is 89.4 Å². The fourth-order valence-electron chi connectivity index (χ4n) is 10.6. The Bertz CT molecular complexity index is 3850. The molecule has 1 atom stereocenters. The molecule has 320 valence electrons. The fourth-order valence-corrected chi connectivity index (χ4v) is 12.5. The molecule has 1 unspecified atom stereocenters. The number of pyridine rings is 2. The molecule has 7 nitrogen and oxygen atoms in total. The summed E-state index contributed by atoms with van der Waals surface area (Å²) < 4.78 is 30.6. The number of hydrogen-bond donors (Lipinski definition) is 0. The first-order chi connectivity index (χ1) is 33.5. The van der Waals surface area contributed by atoms with E-state index < -0.39 is 15.3 Å². The molecule has 8 heteroatoms. The number of nitrogens with zero attached hydrogens (tertiary/aromatic N) is 5. The van der Waals surface area contributed by atoms with Crippen LogP contribution in [0.15, 0.2) is 235 Å². The van der Waals surface area contributed by atoms with E-state index in [9.17, 15) is 0 Å². The van der Waals surface area contributed by atoms with E-state index in [-0.39, 0.29) is 4.90 Å². The number of benzene rings is 8. The molecule has 0 radical (unpaired) electrons. The Morgan fingerprint density at radius 2 is 0.868 bits per heavy atom. The van der Waals surface area contributed by atoms with Crippen LogP contribution in [0, 0.1) is 0 Å². The van der Waals surface area contributed by atoms with Crippen LogP contribution in [0.2, 0.25) is 0 Å². The van der Waals surface area contributed by atoms with Gasteiger partial charge in [0.1, 0.15) is 0 Å². The van der Waals surface area contributed by atoms with Crippen LogP contribution >= 0.6 is 0 Å². The number of hydrogen-bond acceptors (Lipinski definition) is 7. The van der Waals surface area contributed by atoms with Gasteiger partial charge in [-0.05, 0) is 97.4 Å². The summed E-state index contributed by atoms with van der Waals surface area (Å²) >= 11 is 0. The standard InChI is InChI=1S/C60H37N5O2S/c66-68(67)55-26-8-7-25-52(55)60(53-30-28-38-13-1-2-20-46(38)56(53)68)51-24-6-5-23-49(51)47-21-3-4-22-48(47)50-29-27-43(35-54(50)60)59-64-57(41-16-9-14-39(33-41)44-18-11-31-61-36-44)63-58(65-59)42-17-10-15-40(34-42)45-19-12-32-62-37-45/h1-37H. The molecule has 8 aromatic carbocycles. The molecule has 1 spiro atoms. The molecule has 1 aliphatic heterocycles. The lowest BCUT2D eigenvalue weighted by Gasteiger charge is -2.43. The SMILES string of the molecule is O=S1(=O)c2ccccc2C2(c3ccccc3-c3ccccc3-c3ccc(-c4nc(-c5cccc(-c6cccnc6)c5)nc(-c5cccc(-c6cccnc6)c5)n4)cc32)c2ccc3ccccc3c21. The van der Waals surface area contributed by atoms with Gasteiger partial charge >= 0.3 is 0 Å². The topological polar surface area (TPSA) is 98.6 Å². The molecule has 4 heterocycles. The van der Waals surface area contributed by atoms with Gasteiger partial charge in [-0.2, -0.15) is 0 Å². The highest BCUT2D eigenvalue weighted by Gasteiger charge is 2.52. The van der Waals surface area contributed by atoms with Gasteiger partial charge in [-0.1, -0.05) is 164 Å². The Hall–Kier alpha value is -8.72. The zero-order valence-corrected chi connectivity index (χ0v) is 37.1. The van der Waals surface area contributed by atoms with E-state index in [4.69, 9.17) is 15.0 Å². The highest BCUT2D eigenvalue weighted by atomic mass is 32.2. The first-order valence-corrected chi connectivity index (χ1v) is 23.9. The Balaban J connectivity index is 1.12. The van der Waals surface area contributed by atoms with Crippen LogP contribution in [0.1, 0.15) is 22.3 Å². The maximum Gasteiger partial charge on any atom is 0.207 e. The average molecular weight is 892 g/mol. The largest absolute Gasteiger partial charge is 0.264 e. The van der Waals surface area contributed by atoms with Crippen molar-refractivity contribution in [1.29, 1.82) is 0 Å². The third-order valence-electron chi connectivity index (χ3n) is 13.5. The molecule has 11 aromatic rings. The quantitative estimate of drug-likeness (QED) is 0.170. The molecule has 0 bridgehead atoms. The van der Waals surface area contributed by atoms with Crippen molar-refractivity contribution in [3.8, 4) is 78.7 Å². The molecule has 0 saturated heterocycles. The first-order valence-electron chi connectivity index (χ1n) is 22.5. The van der Waals surface area contributed by atoms with E-state index in [2.05, 4.69) is 107 Å². The van der Waals surface area contributed by atoms with Gasteiger partial charge in [-0.25, -0.2) is 23.4 Å². The predicted molar refractivity (Wildman–Crippen MR) is 268 cm³/mol. The van der Waals surface area contributed by atoms with Crippen molar-refractivity contribution in [2.24, 2.45) is 0 Å². The number of aromatic nitrogens is 5. The van der Waals surface area contributed by atoms with Gasteiger partial charge < -0.3 is 0 Å². The Kier molecular flexibility index (Phi) is 9.00. The van der Waals surface area contributed by atoms with Gasteiger partial charge in [-0.15, -0.1) is 0 Å². The van der Waals surface area contributed by atoms with Crippen molar-refractivity contribution in [3.63, 3.8) is 0 Å². The van der Waals surface area contributed by atoms with E-state index >= 15 is 8.42 Å². The van der Waals surface area contributed by atoms with E-state index in [0.29, 0.717) is 38.9 Å². The Morgan fingerprint density at radius 1 is 0.353 bits per heavy atom. The molecule has 0 fully saturated rings. The first kappa shape index (κ1) is 39.6. The van der Waals surface area contributed by atoms with E-state index in [1.165, 1.54) is 0 Å². The predicted octanol–water partition coefficient (Wildman–Crippen LogP) is 13.3. The molecule has 1 aliphatic carbocycles. The molecule has 13 rings (SSSR count). The average Bonchev–Trinajstić information content (AvgIpc) is 3.51. The summed E-state index contributed by atoms with van der Waals surface area (Å²) in [5, 5.41) is 1.54. The van der Waals surface area contributed by atoms with Gasteiger partial charge in [-0.3, -0.25) is 9.97 Å². The molecule has 0 amide bonds. The van der Waals surface area contributed by atoms with Crippen LogP contribution in [0.5, 0.6) is 0 Å². The minimum Gasteiger partial charge on any atom is -0.264 e. The van der Waals surface area contributed by atoms with Crippen molar-refractivity contribution in [2.75, 3.05) is 0 Å². The van der Waals surface area contributed by atoms with Gasteiger partial charge in [0.25, 0.3) is 0 Å². The van der Waals surface area contributed by atoms with E-state index in [1.54, 1.807) is 18.5 Å². The Labute approximate surface area is 393 Å². The van der Waals surface area contributed by atoms with Crippen molar-refractivity contribution >= 4 is 20.6 Å². The van der Waals surface area contributed by atoms with Crippen LogP contribution in [-0.4, -0.2) is 33.3 Å². The van der Waals surface area contributed by atoms with E-state index in [1.807, 2.05) is 109 Å². The smallest absolute Gasteiger partial charge is 0.207 e. The minimum absolute atomic E-state index is 0.285. The lowest BCUT2D eigenvalue weighted by atomic mass is 9.62. The van der Waals surface area contributed by atoms with Gasteiger partial charge in [0.15, 0.2) is 17.5 Å². The third-order valence-corrected chi connectivity index (χ3v) is 15.4. The van der Waals surface area contributed by atoms with Gasteiger partial charge in [0.05, 0.1) is 15.2 Å². The monoisotopic (exact) mass is 891 g/mol. The lowest BCUT2D eigenvalue weighted by Crippen LogP contribution is -2.38. The van der Waals surface area contributed by atoms with Crippen LogP contribution in [0.4, 0.5) is 0 Å². The minimum atomic E-state index is -4.01. The summed E-state index contributed by atoms with van der Waals surface area (Å²) in [6, 6.07) is 67.2. The molecule has 3 aromatic heterocycles. The zero-order chi connectivity index (χ0) is 45.4. The molecular formula is C60H37N5O2S. The summed E-state index contributed by atoms with van der Waals surface area (Å²) in [7, 11) is -4.01. The van der Waals surface area contributed by atoms with Crippen LogP contribution in [-0.2, 0) is 15.3 Å². The third kappa shape index (κ3) is 6.04. The summed E-state index contributed by atoms with van der Waals surface area (Å²) in [6.07, 6.45) is 7.24. The fraction of sp³-hybridized carbons (Fsp3) is 0.0167. The highest BCUT2D eigenvalue weighted by Crippen LogP contribution is 2.60.